The molecule has 29 heavy (non-hydrogen) atoms. The number of amides is 1. The highest BCUT2D eigenvalue weighted by atomic mass is 16.5. The number of para-hydroxylation sites is 1. The molecule has 0 radical (unpaired) electrons. The molecular weight excluding hydrogens is 370 g/mol. The summed E-state index contributed by atoms with van der Waals surface area (Å²) in [6.07, 6.45) is 1.45. The molecule has 144 valence electrons. The zero-order valence-electron chi connectivity index (χ0n) is 15.5. The maximum atomic E-state index is 12.6. The normalized spacial score (nSPS) is 9.93. The number of nitrogens with zero attached hydrogens (tertiary/aromatic N) is 3. The molecule has 0 aliphatic heterocycles. The number of ether oxygens (including phenoxy) is 1. The van der Waals surface area contributed by atoms with Crippen molar-refractivity contribution in [3.05, 3.63) is 77.6 Å². The van der Waals surface area contributed by atoms with E-state index in [0.29, 0.717) is 16.9 Å². The zero-order chi connectivity index (χ0) is 20.6. The SMILES string of the molecule is CCOC(=O)c1ccccc1NC(=O)c1ccnc(Nc2ccc(C#N)cc2)n1. The summed E-state index contributed by atoms with van der Waals surface area (Å²) in [5.41, 5.74) is 1.91. The van der Waals surface area contributed by atoms with E-state index in [1.807, 2.05) is 6.07 Å². The van der Waals surface area contributed by atoms with E-state index < -0.39 is 11.9 Å². The lowest BCUT2D eigenvalue weighted by Crippen LogP contribution is -2.17. The van der Waals surface area contributed by atoms with E-state index >= 15 is 0 Å². The van der Waals surface area contributed by atoms with Crippen LogP contribution in [0, 0.1) is 11.3 Å². The maximum Gasteiger partial charge on any atom is 0.340 e. The minimum absolute atomic E-state index is 0.120. The Morgan fingerprint density at radius 3 is 2.59 bits per heavy atom. The third-order valence-electron chi connectivity index (χ3n) is 3.83. The van der Waals surface area contributed by atoms with Crippen molar-refractivity contribution < 1.29 is 14.3 Å². The van der Waals surface area contributed by atoms with Gasteiger partial charge in [0.1, 0.15) is 5.69 Å². The summed E-state index contributed by atoms with van der Waals surface area (Å²) >= 11 is 0. The molecular formula is C21H17N5O3. The van der Waals surface area contributed by atoms with Crippen molar-refractivity contribution in [2.45, 2.75) is 6.92 Å². The second-order valence-electron chi connectivity index (χ2n) is 5.80. The molecule has 0 spiro atoms. The van der Waals surface area contributed by atoms with E-state index in [2.05, 4.69) is 20.6 Å². The molecule has 0 bridgehead atoms. The molecule has 1 amide bonds. The number of hydrogen-bond acceptors (Lipinski definition) is 7. The first-order valence-corrected chi connectivity index (χ1v) is 8.78. The number of hydrogen-bond donors (Lipinski definition) is 2. The molecule has 0 saturated carbocycles. The van der Waals surface area contributed by atoms with Crippen LogP contribution in [0.4, 0.5) is 17.3 Å². The first-order chi connectivity index (χ1) is 14.1. The van der Waals surface area contributed by atoms with Crippen LogP contribution in [0.5, 0.6) is 0 Å². The molecule has 2 N–H and O–H groups in total. The van der Waals surface area contributed by atoms with Crippen molar-refractivity contribution in [1.82, 2.24) is 9.97 Å². The van der Waals surface area contributed by atoms with Gasteiger partial charge >= 0.3 is 5.97 Å². The van der Waals surface area contributed by atoms with Gasteiger partial charge in [0.2, 0.25) is 5.95 Å². The molecule has 0 aliphatic rings. The number of benzene rings is 2. The van der Waals surface area contributed by atoms with E-state index in [-0.39, 0.29) is 23.8 Å². The van der Waals surface area contributed by atoms with Crippen LogP contribution in [0.25, 0.3) is 0 Å². The molecule has 0 fully saturated rings. The van der Waals surface area contributed by atoms with Gasteiger partial charge in [-0.15, -0.1) is 0 Å². The van der Waals surface area contributed by atoms with Crippen molar-refractivity contribution in [3.8, 4) is 6.07 Å². The molecule has 1 aromatic heterocycles. The monoisotopic (exact) mass is 387 g/mol. The van der Waals surface area contributed by atoms with Crippen LogP contribution >= 0.6 is 0 Å². The smallest absolute Gasteiger partial charge is 0.340 e. The summed E-state index contributed by atoms with van der Waals surface area (Å²) in [7, 11) is 0. The largest absolute Gasteiger partial charge is 0.462 e. The summed E-state index contributed by atoms with van der Waals surface area (Å²) in [6, 6.07) is 16.8. The number of carbonyl (C=O) groups is 2. The van der Waals surface area contributed by atoms with Crippen LogP contribution < -0.4 is 10.6 Å². The lowest BCUT2D eigenvalue weighted by atomic mass is 10.1. The molecule has 0 unspecified atom stereocenters. The van der Waals surface area contributed by atoms with Gasteiger partial charge in [0.05, 0.1) is 29.5 Å². The van der Waals surface area contributed by atoms with Gasteiger partial charge in [-0.1, -0.05) is 12.1 Å². The molecule has 8 nitrogen and oxygen atoms in total. The second kappa shape index (κ2) is 9.10. The summed E-state index contributed by atoms with van der Waals surface area (Å²) < 4.78 is 5.01. The Bertz CT molecular complexity index is 1070. The fourth-order valence-electron chi connectivity index (χ4n) is 2.47. The van der Waals surface area contributed by atoms with Gasteiger partial charge in [0.25, 0.3) is 5.91 Å². The average Bonchev–Trinajstić information content (AvgIpc) is 2.75. The van der Waals surface area contributed by atoms with Crippen LogP contribution in [0.1, 0.15) is 33.3 Å². The number of anilines is 3. The molecule has 0 aliphatic carbocycles. The molecule has 0 saturated heterocycles. The maximum absolute atomic E-state index is 12.6. The van der Waals surface area contributed by atoms with Gasteiger partial charge in [0.15, 0.2) is 0 Å². The number of rotatable bonds is 6. The van der Waals surface area contributed by atoms with Crippen molar-refractivity contribution in [2.75, 3.05) is 17.2 Å². The standard InChI is InChI=1S/C21H17N5O3/c1-2-29-20(28)16-5-3-4-6-17(16)25-19(27)18-11-12-23-21(26-18)24-15-9-7-14(13-22)8-10-15/h3-12H,2H2,1H3,(H,25,27)(H,23,24,26). The van der Waals surface area contributed by atoms with Gasteiger partial charge in [0, 0.05) is 11.9 Å². The van der Waals surface area contributed by atoms with Crippen molar-refractivity contribution in [3.63, 3.8) is 0 Å². The third-order valence-corrected chi connectivity index (χ3v) is 3.83. The highest BCUT2D eigenvalue weighted by Crippen LogP contribution is 2.18. The molecule has 3 rings (SSSR count). The fraction of sp³-hybridized carbons (Fsp3) is 0.0952. The first-order valence-electron chi connectivity index (χ1n) is 8.78. The molecule has 8 heteroatoms. The number of carbonyl (C=O) groups excluding carboxylic acids is 2. The Morgan fingerprint density at radius 2 is 1.86 bits per heavy atom. The van der Waals surface area contributed by atoms with Crippen LogP contribution in [-0.2, 0) is 4.74 Å². The lowest BCUT2D eigenvalue weighted by molar-refractivity contribution is 0.0527. The molecule has 1 heterocycles. The quantitative estimate of drug-likeness (QED) is 0.621. The molecule has 2 aromatic carbocycles. The predicted molar refractivity (Wildman–Crippen MR) is 107 cm³/mol. The van der Waals surface area contributed by atoms with E-state index in [1.54, 1.807) is 55.5 Å². The highest BCUT2D eigenvalue weighted by molar-refractivity contribution is 6.07. The van der Waals surface area contributed by atoms with Crippen LogP contribution in [-0.4, -0.2) is 28.5 Å². The third kappa shape index (κ3) is 4.93. The minimum atomic E-state index is -0.519. The number of aromatic nitrogens is 2. The highest BCUT2D eigenvalue weighted by Gasteiger charge is 2.16. The van der Waals surface area contributed by atoms with Crippen molar-refractivity contribution >= 4 is 29.2 Å². The lowest BCUT2D eigenvalue weighted by Gasteiger charge is -2.10. The first kappa shape index (κ1) is 19.5. The number of esters is 1. The van der Waals surface area contributed by atoms with E-state index in [9.17, 15) is 9.59 Å². The van der Waals surface area contributed by atoms with Crippen LogP contribution in [0.2, 0.25) is 0 Å². The predicted octanol–water partition coefficient (Wildman–Crippen LogP) is 3.52. The van der Waals surface area contributed by atoms with Crippen molar-refractivity contribution in [2.24, 2.45) is 0 Å². The van der Waals surface area contributed by atoms with Gasteiger partial charge in [-0.3, -0.25) is 4.79 Å². The average molecular weight is 387 g/mol. The molecule has 0 atom stereocenters. The number of nitriles is 1. The Labute approximate surface area is 167 Å². The summed E-state index contributed by atoms with van der Waals surface area (Å²) in [6.45, 7) is 1.94. The van der Waals surface area contributed by atoms with E-state index in [4.69, 9.17) is 10.00 Å². The Kier molecular flexibility index (Phi) is 6.12. The van der Waals surface area contributed by atoms with Gasteiger partial charge in [-0.05, 0) is 49.4 Å². The van der Waals surface area contributed by atoms with Crippen LogP contribution in [0.3, 0.4) is 0 Å². The Hall–Kier alpha value is -4.25. The van der Waals surface area contributed by atoms with Gasteiger partial charge in [-0.25, -0.2) is 14.8 Å². The van der Waals surface area contributed by atoms with Crippen LogP contribution in [0.15, 0.2) is 60.8 Å². The Balaban J connectivity index is 1.76. The second-order valence-corrected chi connectivity index (χ2v) is 5.80. The minimum Gasteiger partial charge on any atom is -0.462 e. The molecule has 3 aromatic rings. The van der Waals surface area contributed by atoms with Gasteiger partial charge in [-0.2, -0.15) is 5.26 Å². The zero-order valence-corrected chi connectivity index (χ0v) is 15.5. The van der Waals surface area contributed by atoms with E-state index in [0.717, 1.165) is 0 Å². The number of nitrogens with one attached hydrogen (secondary N) is 2. The summed E-state index contributed by atoms with van der Waals surface area (Å²) in [5, 5.41) is 14.5. The fourth-order valence-corrected chi connectivity index (χ4v) is 2.47. The Morgan fingerprint density at radius 1 is 1.10 bits per heavy atom. The topological polar surface area (TPSA) is 117 Å². The van der Waals surface area contributed by atoms with E-state index in [1.165, 1.54) is 12.3 Å². The van der Waals surface area contributed by atoms with Gasteiger partial charge < -0.3 is 15.4 Å². The summed E-state index contributed by atoms with van der Waals surface area (Å²) in [5.74, 6) is -0.790. The summed E-state index contributed by atoms with van der Waals surface area (Å²) in [4.78, 5) is 33.0. The van der Waals surface area contributed by atoms with Crippen molar-refractivity contribution in [1.29, 1.82) is 5.26 Å².